The Morgan fingerprint density at radius 2 is 1.85 bits per heavy atom. The van der Waals surface area contributed by atoms with Gasteiger partial charge in [-0.1, -0.05) is 12.1 Å². The highest BCUT2D eigenvalue weighted by molar-refractivity contribution is 5.90. The van der Waals surface area contributed by atoms with Crippen LogP contribution >= 0.6 is 0 Å². The van der Waals surface area contributed by atoms with Crippen molar-refractivity contribution in [1.29, 1.82) is 0 Å². The average Bonchev–Trinajstić information content (AvgIpc) is 3.26. The Morgan fingerprint density at radius 1 is 1.00 bits per heavy atom. The molecule has 7 heteroatoms. The van der Waals surface area contributed by atoms with Crippen LogP contribution in [-0.4, -0.2) is 29.4 Å². The van der Waals surface area contributed by atoms with Crippen molar-refractivity contribution in [2.24, 2.45) is 0 Å². The van der Waals surface area contributed by atoms with Crippen molar-refractivity contribution >= 4 is 16.7 Å². The molecule has 126 valence electrons. The number of fused-ring (bicyclic) bond motifs is 3. The molecule has 0 amide bonds. The summed E-state index contributed by atoms with van der Waals surface area (Å²) in [5, 5.41) is 9.72. The average molecular weight is 344 g/mol. The number of halogens is 1. The van der Waals surface area contributed by atoms with E-state index >= 15 is 0 Å². The van der Waals surface area contributed by atoms with E-state index in [1.807, 2.05) is 31.2 Å². The molecule has 0 atom stereocenters. The third-order valence-electron chi connectivity index (χ3n) is 4.25. The molecule has 2 aromatic carbocycles. The Labute approximate surface area is 147 Å². The lowest BCUT2D eigenvalue weighted by Gasteiger charge is -2.03. The minimum absolute atomic E-state index is 0.291. The molecule has 0 aliphatic carbocycles. The van der Waals surface area contributed by atoms with E-state index in [0.717, 1.165) is 22.2 Å². The molecule has 0 aliphatic heterocycles. The van der Waals surface area contributed by atoms with Gasteiger partial charge in [0.15, 0.2) is 17.1 Å². The molecule has 0 fully saturated rings. The molecule has 0 aliphatic rings. The highest BCUT2D eigenvalue weighted by Gasteiger charge is 2.14. The number of benzene rings is 2. The predicted molar refractivity (Wildman–Crippen MR) is 95.5 cm³/mol. The van der Waals surface area contributed by atoms with Crippen molar-refractivity contribution in [2.45, 2.75) is 6.92 Å². The summed E-state index contributed by atoms with van der Waals surface area (Å²) in [6.45, 7) is 2.04. The van der Waals surface area contributed by atoms with Gasteiger partial charge in [0.2, 0.25) is 0 Å². The van der Waals surface area contributed by atoms with Gasteiger partial charge >= 0.3 is 0 Å². The second-order valence-corrected chi connectivity index (χ2v) is 6.09. The Morgan fingerprint density at radius 3 is 2.65 bits per heavy atom. The van der Waals surface area contributed by atoms with Gasteiger partial charge in [0.25, 0.3) is 0 Å². The Balaban J connectivity index is 1.70. The highest BCUT2D eigenvalue weighted by atomic mass is 19.1. The van der Waals surface area contributed by atoms with E-state index < -0.39 is 0 Å². The molecule has 0 spiro atoms. The zero-order chi connectivity index (χ0) is 17.7. The maximum Gasteiger partial charge on any atom is 0.182 e. The van der Waals surface area contributed by atoms with E-state index in [1.165, 1.54) is 12.1 Å². The van der Waals surface area contributed by atoms with Crippen LogP contribution in [0.5, 0.6) is 0 Å². The van der Waals surface area contributed by atoms with Gasteiger partial charge in [-0.3, -0.25) is 0 Å². The van der Waals surface area contributed by atoms with E-state index in [2.05, 4.69) is 20.2 Å². The van der Waals surface area contributed by atoms with E-state index in [-0.39, 0.29) is 5.82 Å². The van der Waals surface area contributed by atoms with E-state index in [9.17, 15) is 4.39 Å². The molecule has 0 saturated carbocycles. The zero-order valence-corrected chi connectivity index (χ0v) is 13.8. The SMILES string of the molecule is Cc1cccc(-n2ncc3c2ncn2nc(-c4ccc(F)cc4)nc32)c1. The first-order valence-electron chi connectivity index (χ1n) is 8.11. The summed E-state index contributed by atoms with van der Waals surface area (Å²) in [5.41, 5.74) is 4.20. The van der Waals surface area contributed by atoms with Crippen LogP contribution in [-0.2, 0) is 0 Å². The van der Waals surface area contributed by atoms with E-state index in [4.69, 9.17) is 0 Å². The first kappa shape index (κ1) is 14.7. The van der Waals surface area contributed by atoms with E-state index in [0.29, 0.717) is 17.1 Å². The second kappa shape index (κ2) is 5.45. The van der Waals surface area contributed by atoms with Crippen LogP contribution in [0.25, 0.3) is 33.8 Å². The fraction of sp³-hybridized carbons (Fsp3) is 0.0526. The minimum atomic E-state index is -0.291. The lowest BCUT2D eigenvalue weighted by Crippen LogP contribution is -1.99. The predicted octanol–water partition coefficient (Wildman–Crippen LogP) is 3.58. The number of hydrogen-bond acceptors (Lipinski definition) is 4. The third kappa shape index (κ3) is 2.25. The molecule has 6 nitrogen and oxygen atoms in total. The van der Waals surface area contributed by atoms with Gasteiger partial charge in [0.1, 0.15) is 12.1 Å². The van der Waals surface area contributed by atoms with Crippen molar-refractivity contribution in [3.05, 3.63) is 72.4 Å². The summed E-state index contributed by atoms with van der Waals surface area (Å²) in [5.74, 6) is 0.226. The summed E-state index contributed by atoms with van der Waals surface area (Å²) in [4.78, 5) is 9.10. The summed E-state index contributed by atoms with van der Waals surface area (Å²) in [6.07, 6.45) is 3.36. The molecule has 5 aromatic rings. The molecule has 0 radical (unpaired) electrons. The number of aromatic nitrogens is 6. The molecule has 3 aromatic heterocycles. The van der Waals surface area contributed by atoms with E-state index in [1.54, 1.807) is 33.9 Å². The first-order valence-corrected chi connectivity index (χ1v) is 8.11. The van der Waals surface area contributed by atoms with Crippen molar-refractivity contribution in [1.82, 2.24) is 29.4 Å². The molecule has 26 heavy (non-hydrogen) atoms. The number of hydrogen-bond donors (Lipinski definition) is 0. The Kier molecular flexibility index (Phi) is 3.08. The zero-order valence-electron chi connectivity index (χ0n) is 13.8. The van der Waals surface area contributed by atoms with Gasteiger partial charge in [-0.2, -0.15) is 5.10 Å². The van der Waals surface area contributed by atoms with Crippen LogP contribution in [0.1, 0.15) is 5.56 Å². The molecule has 3 heterocycles. The lowest BCUT2D eigenvalue weighted by atomic mass is 10.2. The van der Waals surface area contributed by atoms with Crippen LogP contribution < -0.4 is 0 Å². The quantitative estimate of drug-likeness (QED) is 0.491. The summed E-state index contributed by atoms with van der Waals surface area (Å²) in [7, 11) is 0. The van der Waals surface area contributed by atoms with Crippen molar-refractivity contribution < 1.29 is 4.39 Å². The number of nitrogens with zero attached hydrogens (tertiary/aromatic N) is 6. The number of aryl methyl sites for hydroxylation is 1. The summed E-state index contributed by atoms with van der Waals surface area (Å²) >= 11 is 0. The van der Waals surface area contributed by atoms with Crippen molar-refractivity contribution in [3.63, 3.8) is 0 Å². The Bertz CT molecular complexity index is 1250. The molecule has 0 unspecified atom stereocenters. The van der Waals surface area contributed by atoms with Crippen molar-refractivity contribution in [2.75, 3.05) is 0 Å². The molecule has 5 rings (SSSR count). The number of rotatable bonds is 2. The van der Waals surface area contributed by atoms with Crippen LogP contribution in [0, 0.1) is 12.7 Å². The van der Waals surface area contributed by atoms with Gasteiger partial charge in [0.05, 0.1) is 17.3 Å². The van der Waals surface area contributed by atoms with Crippen LogP contribution in [0.2, 0.25) is 0 Å². The molecule has 0 saturated heterocycles. The molecule has 0 N–H and O–H groups in total. The summed E-state index contributed by atoms with van der Waals surface area (Å²) < 4.78 is 16.5. The largest absolute Gasteiger partial charge is 0.216 e. The smallest absolute Gasteiger partial charge is 0.182 e. The highest BCUT2D eigenvalue weighted by Crippen LogP contribution is 2.23. The fourth-order valence-corrected chi connectivity index (χ4v) is 2.99. The third-order valence-corrected chi connectivity index (χ3v) is 4.25. The standard InChI is InChI=1S/C19H13FN6/c1-12-3-2-4-15(9-12)26-18-16(10-22-26)19-23-17(24-25(19)11-21-18)13-5-7-14(20)8-6-13/h2-11H,1H3. The lowest BCUT2D eigenvalue weighted by molar-refractivity contribution is 0.628. The maximum absolute atomic E-state index is 13.1. The first-order chi connectivity index (χ1) is 12.7. The van der Waals surface area contributed by atoms with Gasteiger partial charge in [-0.25, -0.2) is 23.6 Å². The van der Waals surface area contributed by atoms with Gasteiger partial charge < -0.3 is 0 Å². The normalized spacial score (nSPS) is 11.5. The summed E-state index contributed by atoms with van der Waals surface area (Å²) in [6, 6.07) is 14.2. The van der Waals surface area contributed by atoms with Gasteiger partial charge in [-0.15, -0.1) is 5.10 Å². The van der Waals surface area contributed by atoms with Gasteiger partial charge in [-0.05, 0) is 48.9 Å². The molecular weight excluding hydrogens is 331 g/mol. The monoisotopic (exact) mass is 344 g/mol. The minimum Gasteiger partial charge on any atom is -0.216 e. The molecule has 0 bridgehead atoms. The van der Waals surface area contributed by atoms with Crippen LogP contribution in [0.15, 0.2) is 61.1 Å². The molecular formula is C19H13FN6. The van der Waals surface area contributed by atoms with Crippen molar-refractivity contribution in [3.8, 4) is 17.1 Å². The Hall–Kier alpha value is -3.61. The van der Waals surface area contributed by atoms with Crippen LogP contribution in [0.3, 0.4) is 0 Å². The topological polar surface area (TPSA) is 60.9 Å². The second-order valence-electron chi connectivity index (χ2n) is 6.09. The van der Waals surface area contributed by atoms with Crippen LogP contribution in [0.4, 0.5) is 4.39 Å². The van der Waals surface area contributed by atoms with Gasteiger partial charge in [0, 0.05) is 5.56 Å². The maximum atomic E-state index is 13.1. The fourth-order valence-electron chi connectivity index (χ4n) is 2.99.